The van der Waals surface area contributed by atoms with Gasteiger partial charge < -0.3 is 14.4 Å². The van der Waals surface area contributed by atoms with Crippen LogP contribution >= 0.6 is 22.9 Å². The van der Waals surface area contributed by atoms with Gasteiger partial charge in [0.2, 0.25) is 0 Å². The molecule has 0 saturated carbocycles. The Morgan fingerprint density at radius 3 is 2.78 bits per heavy atom. The van der Waals surface area contributed by atoms with Gasteiger partial charge in [0.05, 0.1) is 12.7 Å². The van der Waals surface area contributed by atoms with Crippen LogP contribution in [-0.2, 0) is 6.54 Å². The van der Waals surface area contributed by atoms with Crippen molar-refractivity contribution in [1.82, 2.24) is 9.99 Å². The zero-order chi connectivity index (χ0) is 20.0. The first-order valence-electron chi connectivity index (χ1n) is 8.49. The van der Waals surface area contributed by atoms with E-state index in [4.69, 9.17) is 21.4 Å². The standard InChI is InChI=1S/C18H23ClN4O3S/c1-5-6-9-23-11(2)12(3)27-17(23)20-16(21-22-18(24)25)14-10-13(19)7-8-15(14)26-4/h7-8,10,22H,5-6,9H2,1-4H3,(H,24,25)/b20-17-,21-16-. The fourth-order valence-electron chi connectivity index (χ4n) is 2.45. The minimum absolute atomic E-state index is 0.184. The van der Waals surface area contributed by atoms with Crippen molar-refractivity contribution in [1.29, 1.82) is 0 Å². The number of aromatic nitrogens is 1. The molecule has 0 aliphatic carbocycles. The summed E-state index contributed by atoms with van der Waals surface area (Å²) in [6.45, 7) is 7.05. The lowest BCUT2D eigenvalue weighted by molar-refractivity contribution is 0.195. The number of amidine groups is 1. The van der Waals surface area contributed by atoms with Gasteiger partial charge in [-0.2, -0.15) is 4.99 Å². The van der Waals surface area contributed by atoms with Crippen LogP contribution in [0.5, 0.6) is 5.75 Å². The van der Waals surface area contributed by atoms with Gasteiger partial charge in [0.1, 0.15) is 5.75 Å². The van der Waals surface area contributed by atoms with Crippen LogP contribution in [0.15, 0.2) is 28.3 Å². The van der Waals surface area contributed by atoms with Gasteiger partial charge >= 0.3 is 6.09 Å². The number of halogens is 1. The third kappa shape index (κ3) is 5.33. The average molecular weight is 411 g/mol. The predicted octanol–water partition coefficient (Wildman–Crippen LogP) is 4.16. The van der Waals surface area contributed by atoms with Crippen LogP contribution in [0.25, 0.3) is 0 Å². The summed E-state index contributed by atoms with van der Waals surface area (Å²) in [7, 11) is 1.52. The van der Waals surface area contributed by atoms with Crippen molar-refractivity contribution in [3.8, 4) is 5.75 Å². The topological polar surface area (TPSA) is 88.2 Å². The second kappa shape index (κ2) is 9.57. The predicted molar refractivity (Wildman–Crippen MR) is 108 cm³/mol. The van der Waals surface area contributed by atoms with E-state index in [0.717, 1.165) is 34.8 Å². The molecule has 146 valence electrons. The van der Waals surface area contributed by atoms with E-state index >= 15 is 0 Å². The number of hydrazone groups is 1. The summed E-state index contributed by atoms with van der Waals surface area (Å²) in [5.41, 5.74) is 3.67. The maximum Gasteiger partial charge on any atom is 0.425 e. The van der Waals surface area contributed by atoms with Crippen molar-refractivity contribution in [2.24, 2.45) is 10.1 Å². The van der Waals surface area contributed by atoms with Gasteiger partial charge in [-0.3, -0.25) is 0 Å². The second-order valence-electron chi connectivity index (χ2n) is 5.84. The molecule has 0 aliphatic rings. The first-order valence-corrected chi connectivity index (χ1v) is 9.68. The van der Waals surface area contributed by atoms with Gasteiger partial charge in [-0.1, -0.05) is 24.9 Å². The molecule has 1 aromatic heterocycles. The smallest absolute Gasteiger partial charge is 0.425 e. The Morgan fingerprint density at radius 1 is 1.41 bits per heavy atom. The summed E-state index contributed by atoms with van der Waals surface area (Å²) in [5, 5.41) is 13.4. The number of nitrogens with one attached hydrogen (secondary N) is 1. The molecule has 2 aromatic rings. The molecule has 7 nitrogen and oxygen atoms in total. The number of nitrogens with zero attached hydrogens (tertiary/aromatic N) is 3. The van der Waals surface area contributed by atoms with E-state index in [-0.39, 0.29) is 5.84 Å². The Morgan fingerprint density at radius 2 is 2.15 bits per heavy atom. The van der Waals surface area contributed by atoms with E-state index in [9.17, 15) is 4.79 Å². The zero-order valence-electron chi connectivity index (χ0n) is 15.7. The van der Waals surface area contributed by atoms with E-state index in [2.05, 4.69) is 21.6 Å². The molecule has 2 N–H and O–H groups in total. The fraction of sp³-hybridized carbons (Fsp3) is 0.389. The molecule has 1 heterocycles. The number of carboxylic acid groups (broad SMARTS) is 1. The average Bonchev–Trinajstić information content (AvgIpc) is 2.90. The molecule has 2 rings (SSSR count). The summed E-state index contributed by atoms with van der Waals surface area (Å²) in [6, 6.07) is 5.03. The minimum atomic E-state index is -1.28. The molecule has 0 unspecified atom stereocenters. The Kier molecular flexibility index (Phi) is 7.44. The monoisotopic (exact) mass is 410 g/mol. The van der Waals surface area contributed by atoms with E-state index in [1.807, 2.05) is 19.3 Å². The summed E-state index contributed by atoms with van der Waals surface area (Å²) < 4.78 is 7.49. The van der Waals surface area contributed by atoms with Crippen LogP contribution in [0.3, 0.4) is 0 Å². The number of rotatable bonds is 6. The summed E-state index contributed by atoms with van der Waals surface area (Å²) in [6.07, 6.45) is 0.802. The molecule has 27 heavy (non-hydrogen) atoms. The largest absolute Gasteiger partial charge is 0.496 e. The molecule has 0 fully saturated rings. The maximum atomic E-state index is 11.0. The number of thiazole rings is 1. The third-order valence-corrected chi connectivity index (χ3v) is 5.32. The molecule has 0 radical (unpaired) electrons. The summed E-state index contributed by atoms with van der Waals surface area (Å²) in [4.78, 5) is 17.5. The number of hydrogen-bond donors (Lipinski definition) is 2. The van der Waals surface area contributed by atoms with Crippen LogP contribution in [0.1, 0.15) is 35.9 Å². The number of hydrogen-bond acceptors (Lipinski definition) is 4. The number of amides is 1. The highest BCUT2D eigenvalue weighted by atomic mass is 35.5. The highest BCUT2D eigenvalue weighted by Crippen LogP contribution is 2.24. The lowest BCUT2D eigenvalue weighted by atomic mass is 10.2. The number of carbonyl (C=O) groups is 1. The normalized spacial score (nSPS) is 12.3. The van der Waals surface area contributed by atoms with E-state index in [0.29, 0.717) is 16.3 Å². The number of aryl methyl sites for hydroxylation is 1. The van der Waals surface area contributed by atoms with Crippen molar-refractivity contribution in [2.75, 3.05) is 7.11 Å². The molecular formula is C18H23ClN4O3S. The molecular weight excluding hydrogens is 388 g/mol. The third-order valence-electron chi connectivity index (χ3n) is 3.99. The Labute approximate surface area is 167 Å². The summed E-state index contributed by atoms with van der Waals surface area (Å²) in [5.74, 6) is 0.683. The number of unbranched alkanes of at least 4 members (excludes halogenated alkanes) is 1. The van der Waals surface area contributed by atoms with Gasteiger partial charge in [0.25, 0.3) is 0 Å². The number of benzene rings is 1. The van der Waals surface area contributed by atoms with Gasteiger partial charge in [-0.15, -0.1) is 16.4 Å². The molecule has 0 aliphatic heterocycles. The Bertz CT molecular complexity index is 918. The zero-order valence-corrected chi connectivity index (χ0v) is 17.3. The van der Waals surface area contributed by atoms with Crippen LogP contribution in [0.2, 0.25) is 5.02 Å². The van der Waals surface area contributed by atoms with Crippen LogP contribution < -0.4 is 15.0 Å². The molecule has 1 amide bonds. The van der Waals surface area contributed by atoms with Gasteiger partial charge in [-0.05, 0) is 38.5 Å². The maximum absolute atomic E-state index is 11.0. The molecule has 1 aromatic carbocycles. The van der Waals surface area contributed by atoms with Gasteiger partial charge in [-0.25, -0.2) is 10.2 Å². The lowest BCUT2D eigenvalue weighted by Crippen LogP contribution is -2.21. The minimum Gasteiger partial charge on any atom is -0.496 e. The Hall–Kier alpha value is -2.32. The molecule has 0 spiro atoms. The highest BCUT2D eigenvalue weighted by molar-refractivity contribution is 7.09. The van der Waals surface area contributed by atoms with E-state index < -0.39 is 6.09 Å². The van der Waals surface area contributed by atoms with Crippen molar-refractivity contribution < 1.29 is 14.6 Å². The van der Waals surface area contributed by atoms with Crippen molar-refractivity contribution in [2.45, 2.75) is 40.2 Å². The fourth-order valence-corrected chi connectivity index (χ4v) is 3.63. The number of ether oxygens (including phenoxy) is 1. The molecule has 9 heteroatoms. The second-order valence-corrected chi connectivity index (χ2v) is 7.46. The first-order chi connectivity index (χ1) is 12.9. The quantitative estimate of drug-likeness (QED) is 0.425. The van der Waals surface area contributed by atoms with E-state index in [1.165, 1.54) is 18.4 Å². The van der Waals surface area contributed by atoms with Crippen LogP contribution in [0.4, 0.5) is 4.79 Å². The number of methoxy groups -OCH3 is 1. The lowest BCUT2D eigenvalue weighted by Gasteiger charge is -2.09. The van der Waals surface area contributed by atoms with Crippen LogP contribution in [0, 0.1) is 13.8 Å². The van der Waals surface area contributed by atoms with Crippen molar-refractivity contribution in [3.05, 3.63) is 44.2 Å². The Balaban J connectivity index is 2.66. The van der Waals surface area contributed by atoms with Gasteiger partial charge in [0, 0.05) is 22.1 Å². The van der Waals surface area contributed by atoms with E-state index in [1.54, 1.807) is 18.2 Å². The molecule has 0 atom stereocenters. The first kappa shape index (κ1) is 21.0. The van der Waals surface area contributed by atoms with Crippen molar-refractivity contribution >= 4 is 34.9 Å². The molecule has 0 saturated heterocycles. The van der Waals surface area contributed by atoms with Gasteiger partial charge in [0.15, 0.2) is 10.6 Å². The molecule has 0 bridgehead atoms. The SMILES string of the molecule is CCCCn1c(C)c(C)s/c1=N\C(=N/NC(=O)O)c1cc(Cl)ccc1OC. The highest BCUT2D eigenvalue weighted by Gasteiger charge is 2.14. The van der Waals surface area contributed by atoms with Crippen LogP contribution in [-0.4, -0.2) is 28.7 Å². The summed E-state index contributed by atoms with van der Waals surface area (Å²) >= 11 is 7.65. The van der Waals surface area contributed by atoms with Crippen molar-refractivity contribution in [3.63, 3.8) is 0 Å².